The van der Waals surface area contributed by atoms with Gasteiger partial charge in [0.2, 0.25) is 15.9 Å². The van der Waals surface area contributed by atoms with E-state index in [0.717, 1.165) is 11.4 Å². The number of morpholine rings is 1. The molecule has 2 aromatic rings. The lowest BCUT2D eigenvalue weighted by atomic mass is 10.1. The fraction of sp³-hybridized carbons (Fsp3) is 0.417. The third-order valence-corrected chi connectivity index (χ3v) is 7.85. The van der Waals surface area contributed by atoms with Crippen molar-refractivity contribution in [3.63, 3.8) is 0 Å². The Labute approximate surface area is 199 Å². The second-order valence-electron chi connectivity index (χ2n) is 8.25. The monoisotopic (exact) mass is 487 g/mol. The third kappa shape index (κ3) is 5.40. The van der Waals surface area contributed by atoms with Gasteiger partial charge in [0.15, 0.2) is 0 Å². The summed E-state index contributed by atoms with van der Waals surface area (Å²) in [6.45, 7) is 4.75. The van der Waals surface area contributed by atoms with E-state index in [0.29, 0.717) is 58.0 Å². The summed E-state index contributed by atoms with van der Waals surface area (Å²) in [6.07, 6.45) is 0.351. The molecule has 2 fully saturated rings. The maximum absolute atomic E-state index is 12.7. The zero-order chi connectivity index (χ0) is 24.1. The highest BCUT2D eigenvalue weighted by molar-refractivity contribution is 7.89. The zero-order valence-corrected chi connectivity index (χ0v) is 19.9. The highest BCUT2D eigenvalue weighted by Gasteiger charge is 2.31. The molecule has 0 aliphatic carbocycles. The van der Waals surface area contributed by atoms with Gasteiger partial charge in [0.05, 0.1) is 24.7 Å². The Bertz CT molecular complexity index is 1110. The number of carbonyl (C=O) groups is 2. The van der Waals surface area contributed by atoms with Crippen LogP contribution in [0.1, 0.15) is 23.7 Å². The van der Waals surface area contributed by atoms with Crippen LogP contribution in [-0.2, 0) is 19.6 Å². The second-order valence-corrected chi connectivity index (χ2v) is 10.2. The molecule has 0 saturated carbocycles. The minimum Gasteiger partial charge on any atom is -0.494 e. The molecule has 34 heavy (non-hydrogen) atoms. The van der Waals surface area contributed by atoms with Crippen molar-refractivity contribution < 1.29 is 27.5 Å². The molecule has 0 bridgehead atoms. The number of ether oxygens (including phenoxy) is 2. The van der Waals surface area contributed by atoms with E-state index >= 15 is 0 Å². The maximum atomic E-state index is 12.7. The summed E-state index contributed by atoms with van der Waals surface area (Å²) in [5.41, 5.74) is 1.17. The lowest BCUT2D eigenvalue weighted by Crippen LogP contribution is -2.40. The smallest absolute Gasteiger partial charge is 0.251 e. The number of hydrogen-bond donors (Lipinski definition) is 1. The predicted molar refractivity (Wildman–Crippen MR) is 126 cm³/mol. The summed E-state index contributed by atoms with van der Waals surface area (Å²) in [5, 5.41) is 2.87. The lowest BCUT2D eigenvalue weighted by molar-refractivity contribution is -0.117. The molecule has 1 atom stereocenters. The first-order valence-corrected chi connectivity index (χ1v) is 12.8. The van der Waals surface area contributed by atoms with E-state index < -0.39 is 10.0 Å². The van der Waals surface area contributed by atoms with Crippen molar-refractivity contribution in [3.8, 4) is 5.75 Å². The quantitative estimate of drug-likeness (QED) is 0.610. The highest BCUT2D eigenvalue weighted by Crippen LogP contribution is 2.26. The molecular weight excluding hydrogens is 458 g/mol. The van der Waals surface area contributed by atoms with Crippen molar-refractivity contribution in [2.45, 2.75) is 18.2 Å². The van der Waals surface area contributed by atoms with Gasteiger partial charge in [-0.3, -0.25) is 9.59 Å². The van der Waals surface area contributed by atoms with Crippen LogP contribution in [0.3, 0.4) is 0 Å². The number of carbonyl (C=O) groups excluding carboxylic acids is 2. The van der Waals surface area contributed by atoms with Gasteiger partial charge in [0.25, 0.3) is 5.91 Å². The number of anilines is 1. The highest BCUT2D eigenvalue weighted by atomic mass is 32.2. The molecule has 0 aromatic heterocycles. The van der Waals surface area contributed by atoms with Gasteiger partial charge < -0.3 is 19.7 Å². The minimum absolute atomic E-state index is 0.0102. The number of benzene rings is 2. The molecule has 2 saturated heterocycles. The zero-order valence-electron chi connectivity index (χ0n) is 19.1. The molecule has 2 aliphatic heterocycles. The van der Waals surface area contributed by atoms with Crippen LogP contribution in [-0.4, -0.2) is 70.5 Å². The van der Waals surface area contributed by atoms with Crippen molar-refractivity contribution in [1.29, 1.82) is 0 Å². The van der Waals surface area contributed by atoms with Crippen LogP contribution in [0, 0.1) is 5.92 Å². The van der Waals surface area contributed by atoms with Crippen LogP contribution >= 0.6 is 0 Å². The first-order chi connectivity index (χ1) is 16.4. The maximum Gasteiger partial charge on any atom is 0.251 e. The van der Waals surface area contributed by atoms with Crippen molar-refractivity contribution in [3.05, 3.63) is 54.1 Å². The number of hydrogen-bond acceptors (Lipinski definition) is 6. The topological polar surface area (TPSA) is 105 Å². The molecule has 0 radical (unpaired) electrons. The average molecular weight is 488 g/mol. The molecule has 1 N–H and O–H groups in total. The Kier molecular flexibility index (Phi) is 7.50. The van der Waals surface area contributed by atoms with Crippen molar-refractivity contribution in [2.24, 2.45) is 5.92 Å². The molecule has 4 rings (SSSR count). The van der Waals surface area contributed by atoms with Gasteiger partial charge in [0.1, 0.15) is 5.75 Å². The number of sulfonamides is 1. The molecule has 9 nitrogen and oxygen atoms in total. The molecule has 2 aromatic carbocycles. The fourth-order valence-electron chi connectivity index (χ4n) is 4.11. The Balaban J connectivity index is 1.31. The summed E-state index contributed by atoms with van der Waals surface area (Å²) in [4.78, 5) is 27.0. The van der Waals surface area contributed by atoms with Gasteiger partial charge in [-0.1, -0.05) is 0 Å². The Morgan fingerprint density at radius 3 is 2.41 bits per heavy atom. The summed E-state index contributed by atoms with van der Waals surface area (Å²) in [7, 11) is -3.60. The molecule has 2 aliphatic rings. The second kappa shape index (κ2) is 10.5. The lowest BCUT2D eigenvalue weighted by Gasteiger charge is -2.26. The summed E-state index contributed by atoms with van der Waals surface area (Å²) < 4.78 is 37.5. The van der Waals surface area contributed by atoms with Crippen molar-refractivity contribution in [2.75, 3.05) is 50.9 Å². The van der Waals surface area contributed by atoms with Crippen molar-refractivity contribution in [1.82, 2.24) is 9.62 Å². The average Bonchev–Trinajstić information content (AvgIpc) is 3.24. The third-order valence-electron chi connectivity index (χ3n) is 5.94. The van der Waals surface area contributed by atoms with Crippen LogP contribution in [0.4, 0.5) is 5.69 Å². The number of rotatable bonds is 8. The minimum atomic E-state index is -3.60. The predicted octanol–water partition coefficient (Wildman–Crippen LogP) is 1.89. The fourth-order valence-corrected chi connectivity index (χ4v) is 5.52. The molecule has 2 heterocycles. The van der Waals surface area contributed by atoms with E-state index in [9.17, 15) is 18.0 Å². The summed E-state index contributed by atoms with van der Waals surface area (Å²) in [6, 6.07) is 13.3. The van der Waals surface area contributed by atoms with Gasteiger partial charge in [-0.15, -0.1) is 0 Å². The van der Waals surface area contributed by atoms with Gasteiger partial charge in [0, 0.05) is 49.8 Å². The summed E-state index contributed by atoms with van der Waals surface area (Å²) >= 11 is 0. The van der Waals surface area contributed by atoms with E-state index in [1.54, 1.807) is 4.90 Å². The van der Waals surface area contributed by atoms with Crippen LogP contribution < -0.4 is 15.0 Å². The van der Waals surface area contributed by atoms with Crippen molar-refractivity contribution >= 4 is 27.5 Å². The normalized spacial score (nSPS) is 19.3. The largest absolute Gasteiger partial charge is 0.494 e. The van der Waals surface area contributed by atoms with Gasteiger partial charge >= 0.3 is 0 Å². The van der Waals surface area contributed by atoms with E-state index in [1.165, 1.54) is 28.6 Å². The molecule has 0 spiro atoms. The SMILES string of the molecule is CCOc1ccc(N2CC(CNC(=O)c3ccc(S(=O)(=O)N4CCOCC4)cc3)CC2=O)cc1. The molecule has 10 heteroatoms. The molecular formula is C24H29N3O6S. The van der Waals surface area contributed by atoms with Crippen LogP contribution in [0.2, 0.25) is 0 Å². The number of nitrogens with zero attached hydrogens (tertiary/aromatic N) is 2. The Hall–Kier alpha value is -2.95. The molecule has 182 valence electrons. The van der Waals surface area contributed by atoms with Gasteiger partial charge in [-0.2, -0.15) is 4.31 Å². The first kappa shape index (κ1) is 24.2. The Morgan fingerprint density at radius 2 is 1.76 bits per heavy atom. The van der Waals surface area contributed by atoms with Gasteiger partial charge in [-0.25, -0.2) is 8.42 Å². The molecule has 1 unspecified atom stereocenters. The first-order valence-electron chi connectivity index (χ1n) is 11.4. The van der Waals surface area contributed by atoms with Crippen LogP contribution in [0.15, 0.2) is 53.4 Å². The summed E-state index contributed by atoms with van der Waals surface area (Å²) in [5.74, 6) is 0.456. The van der Waals surface area contributed by atoms with E-state index in [-0.39, 0.29) is 22.6 Å². The standard InChI is InChI=1S/C24H29N3O6S/c1-2-33-21-7-5-20(6-8-21)27-17-18(15-23(27)28)16-25-24(29)19-3-9-22(10-4-19)34(30,31)26-11-13-32-14-12-26/h3-10,18H,2,11-17H2,1H3,(H,25,29). The number of nitrogens with one attached hydrogen (secondary N) is 1. The van der Waals surface area contributed by atoms with Gasteiger partial charge in [-0.05, 0) is 55.5 Å². The van der Waals surface area contributed by atoms with Crippen LogP contribution in [0.25, 0.3) is 0 Å². The van der Waals surface area contributed by atoms with E-state index in [2.05, 4.69) is 5.32 Å². The number of amides is 2. The Morgan fingerprint density at radius 1 is 1.09 bits per heavy atom. The van der Waals surface area contributed by atoms with E-state index in [1.807, 2.05) is 31.2 Å². The molecule has 2 amide bonds. The van der Waals surface area contributed by atoms with Crippen LogP contribution in [0.5, 0.6) is 5.75 Å². The van der Waals surface area contributed by atoms with E-state index in [4.69, 9.17) is 9.47 Å².